The number of hydrogen-bond donors (Lipinski definition) is 2. The predicted molar refractivity (Wildman–Crippen MR) is 87.9 cm³/mol. The second kappa shape index (κ2) is 7.44. The zero-order valence-corrected chi connectivity index (χ0v) is 13.3. The van der Waals surface area contributed by atoms with Crippen LogP contribution in [-0.2, 0) is 11.2 Å². The first kappa shape index (κ1) is 15.8. The molecule has 2 fully saturated rings. The lowest BCUT2D eigenvalue weighted by atomic mass is 10.0. The fourth-order valence-electron chi connectivity index (χ4n) is 2.52. The molecule has 0 radical (unpaired) electrons. The standard InChI is InChI=1S/C18H28N2O2/c19-10-17(20)16-9-13(7-8-21-11-14-1-2-14)5-6-18(16)22-12-15-3-4-15/h5-6,9,14-15,17H,1-4,7-8,10-12,19-20H2. The van der Waals surface area contributed by atoms with Gasteiger partial charge in [0, 0.05) is 24.8 Å². The summed E-state index contributed by atoms with van der Waals surface area (Å²) in [7, 11) is 0. The van der Waals surface area contributed by atoms with Gasteiger partial charge in [-0.05, 0) is 55.6 Å². The molecule has 1 unspecified atom stereocenters. The highest BCUT2D eigenvalue weighted by Crippen LogP contribution is 2.32. The lowest BCUT2D eigenvalue weighted by Gasteiger charge is -2.17. The van der Waals surface area contributed by atoms with Gasteiger partial charge in [-0.3, -0.25) is 0 Å². The number of hydrogen-bond acceptors (Lipinski definition) is 4. The van der Waals surface area contributed by atoms with E-state index >= 15 is 0 Å². The average molecular weight is 304 g/mol. The van der Waals surface area contributed by atoms with E-state index in [1.807, 2.05) is 6.07 Å². The lowest BCUT2D eigenvalue weighted by molar-refractivity contribution is 0.127. The fourth-order valence-corrected chi connectivity index (χ4v) is 2.52. The molecule has 3 rings (SSSR count). The van der Waals surface area contributed by atoms with E-state index in [2.05, 4.69) is 12.1 Å². The van der Waals surface area contributed by atoms with Gasteiger partial charge in [0.05, 0.1) is 13.2 Å². The minimum Gasteiger partial charge on any atom is -0.493 e. The van der Waals surface area contributed by atoms with Crippen LogP contribution in [0.3, 0.4) is 0 Å². The topological polar surface area (TPSA) is 70.5 Å². The Hall–Kier alpha value is -1.10. The minimum absolute atomic E-state index is 0.165. The molecule has 0 heterocycles. The zero-order valence-electron chi connectivity index (χ0n) is 13.3. The van der Waals surface area contributed by atoms with E-state index in [4.69, 9.17) is 20.9 Å². The molecule has 22 heavy (non-hydrogen) atoms. The third-order valence-corrected chi connectivity index (χ3v) is 4.48. The summed E-state index contributed by atoms with van der Waals surface area (Å²) in [6.07, 6.45) is 6.16. The van der Waals surface area contributed by atoms with Crippen LogP contribution in [0.5, 0.6) is 5.75 Å². The minimum atomic E-state index is -0.165. The summed E-state index contributed by atoms with van der Waals surface area (Å²) >= 11 is 0. The van der Waals surface area contributed by atoms with Crippen LogP contribution in [0.4, 0.5) is 0 Å². The van der Waals surface area contributed by atoms with Crippen molar-refractivity contribution in [2.24, 2.45) is 23.3 Å². The molecule has 122 valence electrons. The molecule has 1 aromatic carbocycles. The second-order valence-corrected chi connectivity index (χ2v) is 6.74. The maximum absolute atomic E-state index is 6.15. The third-order valence-electron chi connectivity index (χ3n) is 4.48. The van der Waals surface area contributed by atoms with Crippen LogP contribution in [0.1, 0.15) is 42.9 Å². The van der Waals surface area contributed by atoms with Crippen molar-refractivity contribution in [3.8, 4) is 5.75 Å². The quantitative estimate of drug-likeness (QED) is 0.651. The molecule has 2 aliphatic rings. The van der Waals surface area contributed by atoms with Crippen molar-refractivity contribution in [1.29, 1.82) is 0 Å². The van der Waals surface area contributed by atoms with Gasteiger partial charge in [-0.1, -0.05) is 12.1 Å². The van der Waals surface area contributed by atoms with E-state index in [0.29, 0.717) is 6.54 Å². The van der Waals surface area contributed by atoms with E-state index in [-0.39, 0.29) is 6.04 Å². The molecule has 4 N–H and O–H groups in total. The van der Waals surface area contributed by atoms with Crippen molar-refractivity contribution >= 4 is 0 Å². The van der Waals surface area contributed by atoms with Gasteiger partial charge < -0.3 is 20.9 Å². The van der Waals surface area contributed by atoms with Crippen LogP contribution in [0, 0.1) is 11.8 Å². The van der Waals surface area contributed by atoms with E-state index in [0.717, 1.165) is 49.4 Å². The fraction of sp³-hybridized carbons (Fsp3) is 0.667. The Morgan fingerprint density at radius 1 is 1.09 bits per heavy atom. The second-order valence-electron chi connectivity index (χ2n) is 6.74. The van der Waals surface area contributed by atoms with E-state index in [1.165, 1.54) is 31.2 Å². The molecule has 0 amide bonds. The first-order valence-electron chi connectivity index (χ1n) is 8.55. The van der Waals surface area contributed by atoms with Gasteiger partial charge in [0.2, 0.25) is 0 Å². The van der Waals surface area contributed by atoms with Crippen molar-refractivity contribution in [2.75, 3.05) is 26.4 Å². The molecular weight excluding hydrogens is 276 g/mol. The maximum Gasteiger partial charge on any atom is 0.124 e. The average Bonchev–Trinajstić information content (AvgIpc) is 3.43. The van der Waals surface area contributed by atoms with Crippen LogP contribution in [0.2, 0.25) is 0 Å². The van der Waals surface area contributed by atoms with Crippen LogP contribution >= 0.6 is 0 Å². The van der Waals surface area contributed by atoms with Crippen molar-refractivity contribution in [1.82, 2.24) is 0 Å². The Kier molecular flexibility index (Phi) is 5.34. The summed E-state index contributed by atoms with van der Waals surface area (Å²) < 4.78 is 11.7. The number of ether oxygens (including phenoxy) is 2. The molecular formula is C18H28N2O2. The van der Waals surface area contributed by atoms with E-state index in [9.17, 15) is 0 Å². The Bertz CT molecular complexity index is 484. The summed E-state index contributed by atoms with van der Waals surface area (Å²) in [5.41, 5.74) is 14.2. The highest BCUT2D eigenvalue weighted by molar-refractivity contribution is 5.39. The Labute approximate surface area is 133 Å². The SMILES string of the molecule is NCC(N)c1cc(CCOCC2CC2)ccc1OCC1CC1. The Morgan fingerprint density at radius 2 is 1.82 bits per heavy atom. The largest absolute Gasteiger partial charge is 0.493 e. The molecule has 2 saturated carbocycles. The monoisotopic (exact) mass is 304 g/mol. The van der Waals surface area contributed by atoms with Crippen LogP contribution in [0.25, 0.3) is 0 Å². The van der Waals surface area contributed by atoms with Crippen molar-refractivity contribution in [3.05, 3.63) is 29.3 Å². The van der Waals surface area contributed by atoms with Gasteiger partial charge >= 0.3 is 0 Å². The first-order chi connectivity index (χ1) is 10.8. The van der Waals surface area contributed by atoms with Gasteiger partial charge in [-0.2, -0.15) is 0 Å². The predicted octanol–water partition coefficient (Wildman–Crippen LogP) is 2.40. The summed E-state index contributed by atoms with van der Waals surface area (Å²) in [6.45, 7) is 2.92. The molecule has 4 nitrogen and oxygen atoms in total. The summed E-state index contributed by atoms with van der Waals surface area (Å²) in [5.74, 6) is 2.45. The number of nitrogens with two attached hydrogens (primary N) is 2. The number of rotatable bonds is 10. The van der Waals surface area contributed by atoms with E-state index in [1.54, 1.807) is 0 Å². The molecule has 1 atom stereocenters. The molecule has 0 saturated heterocycles. The van der Waals surface area contributed by atoms with Gasteiger partial charge in [0.15, 0.2) is 0 Å². The molecule has 0 bridgehead atoms. The van der Waals surface area contributed by atoms with Crippen LogP contribution < -0.4 is 16.2 Å². The Morgan fingerprint density at radius 3 is 2.50 bits per heavy atom. The van der Waals surface area contributed by atoms with Crippen molar-refractivity contribution < 1.29 is 9.47 Å². The summed E-state index contributed by atoms with van der Waals surface area (Å²) in [5, 5.41) is 0. The molecule has 4 heteroatoms. The number of benzene rings is 1. The smallest absolute Gasteiger partial charge is 0.124 e. The summed E-state index contributed by atoms with van der Waals surface area (Å²) in [4.78, 5) is 0. The third kappa shape index (κ3) is 4.70. The lowest BCUT2D eigenvalue weighted by Crippen LogP contribution is -2.22. The Balaban J connectivity index is 1.57. The van der Waals surface area contributed by atoms with Crippen molar-refractivity contribution in [3.63, 3.8) is 0 Å². The normalized spacial score (nSPS) is 19.2. The molecule has 2 aliphatic carbocycles. The zero-order chi connectivity index (χ0) is 15.4. The molecule has 1 aromatic rings. The first-order valence-corrected chi connectivity index (χ1v) is 8.55. The molecule has 0 aromatic heterocycles. The highest BCUT2D eigenvalue weighted by atomic mass is 16.5. The summed E-state index contributed by atoms with van der Waals surface area (Å²) in [6, 6.07) is 6.14. The van der Waals surface area contributed by atoms with Crippen LogP contribution in [0.15, 0.2) is 18.2 Å². The van der Waals surface area contributed by atoms with Gasteiger partial charge in [-0.15, -0.1) is 0 Å². The highest BCUT2D eigenvalue weighted by Gasteiger charge is 2.23. The van der Waals surface area contributed by atoms with Gasteiger partial charge in [0.1, 0.15) is 5.75 Å². The molecule has 0 aliphatic heterocycles. The maximum atomic E-state index is 6.15. The van der Waals surface area contributed by atoms with E-state index < -0.39 is 0 Å². The van der Waals surface area contributed by atoms with Crippen LogP contribution in [-0.4, -0.2) is 26.4 Å². The van der Waals surface area contributed by atoms with Crippen molar-refractivity contribution in [2.45, 2.75) is 38.1 Å². The van der Waals surface area contributed by atoms with Gasteiger partial charge in [0.25, 0.3) is 0 Å². The molecule has 0 spiro atoms. The van der Waals surface area contributed by atoms with Gasteiger partial charge in [-0.25, -0.2) is 0 Å².